The van der Waals surface area contributed by atoms with E-state index in [1.54, 1.807) is 6.92 Å². The molecule has 19 heavy (non-hydrogen) atoms. The lowest BCUT2D eigenvalue weighted by Crippen LogP contribution is -2.08. The van der Waals surface area contributed by atoms with E-state index in [0.29, 0.717) is 6.54 Å². The van der Waals surface area contributed by atoms with Crippen LogP contribution in [-0.4, -0.2) is 27.0 Å². The molecule has 0 spiro atoms. The van der Waals surface area contributed by atoms with Gasteiger partial charge in [0, 0.05) is 19.9 Å². The van der Waals surface area contributed by atoms with Crippen LogP contribution in [0.5, 0.6) is 0 Å². The second kappa shape index (κ2) is 5.00. The Labute approximate surface area is 106 Å². The van der Waals surface area contributed by atoms with Gasteiger partial charge in [-0.3, -0.25) is 4.68 Å². The Morgan fingerprint density at radius 3 is 2.74 bits per heavy atom. The van der Waals surface area contributed by atoms with Crippen molar-refractivity contribution in [1.82, 2.24) is 19.9 Å². The molecule has 0 saturated carbocycles. The third kappa shape index (κ3) is 2.75. The van der Waals surface area contributed by atoms with E-state index in [2.05, 4.69) is 15.2 Å². The highest BCUT2D eigenvalue weighted by atomic mass is 19.4. The van der Waals surface area contributed by atoms with E-state index < -0.39 is 11.9 Å². The van der Waals surface area contributed by atoms with Crippen LogP contribution in [0.4, 0.5) is 13.2 Å². The van der Waals surface area contributed by atoms with Crippen LogP contribution >= 0.6 is 0 Å². The maximum Gasteiger partial charge on any atom is 0.435 e. The van der Waals surface area contributed by atoms with E-state index in [4.69, 9.17) is 9.26 Å². The molecule has 0 radical (unpaired) electrons. The van der Waals surface area contributed by atoms with Crippen molar-refractivity contribution in [1.29, 1.82) is 0 Å². The van der Waals surface area contributed by atoms with Crippen LogP contribution < -0.4 is 0 Å². The van der Waals surface area contributed by atoms with Gasteiger partial charge in [-0.25, -0.2) is 0 Å². The summed E-state index contributed by atoms with van der Waals surface area (Å²) in [7, 11) is 1.42. The van der Waals surface area contributed by atoms with Crippen molar-refractivity contribution in [2.24, 2.45) is 0 Å². The van der Waals surface area contributed by atoms with Crippen LogP contribution in [0.3, 0.4) is 0 Å². The van der Waals surface area contributed by atoms with Crippen molar-refractivity contribution >= 4 is 0 Å². The Bertz CT molecular complexity index is 561. The summed E-state index contributed by atoms with van der Waals surface area (Å²) in [5.74, 6) is -0.0473. The minimum absolute atomic E-state index is 0.0623. The van der Waals surface area contributed by atoms with Gasteiger partial charge in [-0.2, -0.15) is 23.3 Å². The monoisotopic (exact) mass is 276 g/mol. The smallest absolute Gasteiger partial charge is 0.377 e. The molecule has 0 saturated heterocycles. The highest BCUT2D eigenvalue weighted by Gasteiger charge is 2.39. The summed E-state index contributed by atoms with van der Waals surface area (Å²) in [6.45, 7) is 2.05. The Balaban J connectivity index is 2.44. The van der Waals surface area contributed by atoms with Crippen LogP contribution in [0, 0.1) is 0 Å². The van der Waals surface area contributed by atoms with E-state index in [1.807, 2.05) is 0 Å². The molecule has 0 unspecified atom stereocenters. The molecule has 9 heteroatoms. The highest BCUT2D eigenvalue weighted by Crippen LogP contribution is 2.35. The summed E-state index contributed by atoms with van der Waals surface area (Å²) in [5, 5.41) is 6.99. The van der Waals surface area contributed by atoms with Crippen molar-refractivity contribution < 1.29 is 22.4 Å². The normalized spacial score (nSPS) is 12.1. The number of halogens is 3. The van der Waals surface area contributed by atoms with Crippen molar-refractivity contribution in [3.63, 3.8) is 0 Å². The van der Waals surface area contributed by atoms with Gasteiger partial charge in [-0.05, 0) is 6.92 Å². The molecule has 0 aliphatic heterocycles. The topological polar surface area (TPSA) is 66.0 Å². The maximum absolute atomic E-state index is 12.8. The molecule has 2 aromatic heterocycles. The zero-order chi connectivity index (χ0) is 14.0. The third-order valence-electron chi connectivity index (χ3n) is 2.33. The SMILES string of the molecule is CCn1cc(-c2nc(COC)no2)c(C(F)(F)F)n1. The van der Waals surface area contributed by atoms with Gasteiger partial charge in [-0.15, -0.1) is 0 Å². The second-order valence-electron chi connectivity index (χ2n) is 3.69. The molecule has 2 aromatic rings. The number of methoxy groups -OCH3 is 1. The lowest BCUT2D eigenvalue weighted by atomic mass is 10.2. The molecule has 0 aromatic carbocycles. The number of hydrogen-bond acceptors (Lipinski definition) is 5. The number of aromatic nitrogens is 4. The summed E-state index contributed by atoms with van der Waals surface area (Å²) < 4.78 is 49.3. The summed E-state index contributed by atoms with van der Waals surface area (Å²) in [6.07, 6.45) is -3.35. The molecule has 0 amide bonds. The lowest BCUT2D eigenvalue weighted by molar-refractivity contribution is -0.141. The van der Waals surface area contributed by atoms with Crippen LogP contribution in [0.15, 0.2) is 10.7 Å². The molecule has 0 N–H and O–H groups in total. The zero-order valence-corrected chi connectivity index (χ0v) is 10.2. The number of nitrogens with zero attached hydrogens (tertiary/aromatic N) is 4. The molecule has 0 atom stereocenters. The summed E-state index contributed by atoms with van der Waals surface area (Å²) in [6, 6.07) is 0. The molecule has 0 bridgehead atoms. The van der Waals surface area contributed by atoms with Gasteiger partial charge in [0.05, 0.1) is 5.56 Å². The van der Waals surface area contributed by atoms with E-state index in [0.717, 1.165) is 0 Å². The molecule has 0 fully saturated rings. The Morgan fingerprint density at radius 1 is 1.42 bits per heavy atom. The van der Waals surface area contributed by atoms with Gasteiger partial charge < -0.3 is 9.26 Å². The fourth-order valence-electron chi connectivity index (χ4n) is 1.50. The molecule has 104 valence electrons. The number of hydrogen-bond donors (Lipinski definition) is 0. The Kier molecular flexibility index (Phi) is 3.56. The molecular formula is C10H11F3N4O2. The Morgan fingerprint density at radius 2 is 2.16 bits per heavy atom. The summed E-state index contributed by atoms with van der Waals surface area (Å²) in [4.78, 5) is 3.84. The first-order valence-corrected chi connectivity index (χ1v) is 5.42. The number of rotatable bonds is 4. The van der Waals surface area contributed by atoms with Crippen LogP contribution in [0.1, 0.15) is 18.4 Å². The molecule has 0 aliphatic rings. The fraction of sp³-hybridized carbons (Fsp3) is 0.500. The number of aryl methyl sites for hydroxylation is 1. The first kappa shape index (κ1) is 13.5. The predicted octanol–water partition coefficient (Wildman–Crippen LogP) is 2.12. The summed E-state index contributed by atoms with van der Waals surface area (Å²) in [5.41, 5.74) is -1.27. The predicted molar refractivity (Wildman–Crippen MR) is 56.9 cm³/mol. The average Bonchev–Trinajstić information content (AvgIpc) is 2.93. The minimum atomic E-state index is -4.58. The quantitative estimate of drug-likeness (QED) is 0.855. The van der Waals surface area contributed by atoms with Crippen LogP contribution in [0.25, 0.3) is 11.5 Å². The highest BCUT2D eigenvalue weighted by molar-refractivity contribution is 5.56. The number of ether oxygens (including phenoxy) is 1. The van der Waals surface area contributed by atoms with E-state index in [1.165, 1.54) is 18.0 Å². The largest absolute Gasteiger partial charge is 0.435 e. The number of alkyl halides is 3. The third-order valence-corrected chi connectivity index (χ3v) is 2.33. The molecule has 2 rings (SSSR count). The van der Waals surface area contributed by atoms with Crippen molar-refractivity contribution in [2.45, 2.75) is 26.3 Å². The van der Waals surface area contributed by atoms with Crippen LogP contribution in [-0.2, 0) is 24.1 Å². The molecular weight excluding hydrogens is 265 g/mol. The van der Waals surface area contributed by atoms with Crippen molar-refractivity contribution in [2.75, 3.05) is 7.11 Å². The molecule has 2 heterocycles. The lowest BCUT2D eigenvalue weighted by Gasteiger charge is -2.02. The van der Waals surface area contributed by atoms with E-state index >= 15 is 0 Å². The first-order valence-electron chi connectivity index (χ1n) is 5.42. The fourth-order valence-corrected chi connectivity index (χ4v) is 1.50. The van der Waals surface area contributed by atoms with Crippen molar-refractivity contribution in [3.05, 3.63) is 17.7 Å². The van der Waals surface area contributed by atoms with Gasteiger partial charge >= 0.3 is 6.18 Å². The van der Waals surface area contributed by atoms with Crippen LogP contribution in [0.2, 0.25) is 0 Å². The van der Waals surface area contributed by atoms with Crippen molar-refractivity contribution in [3.8, 4) is 11.5 Å². The second-order valence-corrected chi connectivity index (χ2v) is 3.69. The van der Waals surface area contributed by atoms with Gasteiger partial charge in [0.1, 0.15) is 6.61 Å². The zero-order valence-electron chi connectivity index (χ0n) is 10.2. The maximum atomic E-state index is 12.8. The minimum Gasteiger partial charge on any atom is -0.377 e. The van der Waals surface area contributed by atoms with E-state index in [-0.39, 0.29) is 23.9 Å². The standard InChI is InChI=1S/C10H11F3N4O2/c1-3-17-4-6(8(15-17)10(11,12)13)9-14-7(5-18-2)16-19-9/h4H,3,5H2,1-2H3. The van der Waals surface area contributed by atoms with Gasteiger partial charge in [0.2, 0.25) is 0 Å². The molecule has 6 nitrogen and oxygen atoms in total. The summed E-state index contributed by atoms with van der Waals surface area (Å²) >= 11 is 0. The van der Waals surface area contributed by atoms with Gasteiger partial charge in [0.25, 0.3) is 5.89 Å². The first-order chi connectivity index (χ1) is 8.95. The molecule has 0 aliphatic carbocycles. The Hall–Kier alpha value is -1.90. The average molecular weight is 276 g/mol. The van der Waals surface area contributed by atoms with Gasteiger partial charge in [-0.1, -0.05) is 5.16 Å². The van der Waals surface area contributed by atoms with E-state index in [9.17, 15) is 13.2 Å². The van der Waals surface area contributed by atoms with Gasteiger partial charge in [0.15, 0.2) is 11.5 Å².